The van der Waals surface area contributed by atoms with Gasteiger partial charge in [-0.05, 0) is 12.8 Å². The van der Waals surface area contributed by atoms with E-state index in [1.807, 2.05) is 11.9 Å². The van der Waals surface area contributed by atoms with Crippen molar-refractivity contribution in [3.8, 4) is 0 Å². The first-order valence-electron chi connectivity index (χ1n) is 9.06. The van der Waals surface area contributed by atoms with Gasteiger partial charge < -0.3 is 14.2 Å². The molecule has 1 amide bonds. The number of rotatable bonds is 3. The first kappa shape index (κ1) is 17.2. The quantitative estimate of drug-likeness (QED) is 0.847. The minimum atomic E-state index is -0.0388. The van der Waals surface area contributed by atoms with Gasteiger partial charge in [-0.25, -0.2) is 4.98 Å². The zero-order valence-corrected chi connectivity index (χ0v) is 15.1. The first-order chi connectivity index (χ1) is 12.6. The molecule has 140 valence electrons. The summed E-state index contributed by atoms with van der Waals surface area (Å²) in [5.74, 6) is 0.0111. The number of amides is 1. The van der Waals surface area contributed by atoms with Crippen LogP contribution in [-0.4, -0.2) is 80.1 Å². The van der Waals surface area contributed by atoms with E-state index in [2.05, 4.69) is 25.3 Å². The largest absolute Gasteiger partial charge is 0.379 e. The van der Waals surface area contributed by atoms with E-state index in [9.17, 15) is 4.79 Å². The molecular formula is C17H25N7O2. The summed E-state index contributed by atoms with van der Waals surface area (Å²) in [4.78, 5) is 21.4. The molecule has 1 N–H and O–H groups in total. The van der Waals surface area contributed by atoms with Crippen molar-refractivity contribution in [2.75, 3.05) is 39.4 Å². The lowest BCUT2D eigenvalue weighted by Crippen LogP contribution is -2.52. The van der Waals surface area contributed by atoms with Gasteiger partial charge in [0.15, 0.2) is 0 Å². The fourth-order valence-electron chi connectivity index (χ4n) is 4.06. The maximum absolute atomic E-state index is 12.8. The van der Waals surface area contributed by atoms with Crippen LogP contribution in [0.1, 0.15) is 29.0 Å². The van der Waals surface area contributed by atoms with Gasteiger partial charge in [0.1, 0.15) is 5.69 Å². The van der Waals surface area contributed by atoms with Crippen molar-refractivity contribution >= 4 is 5.91 Å². The van der Waals surface area contributed by atoms with Crippen LogP contribution in [0.5, 0.6) is 0 Å². The average molecular weight is 359 g/mol. The molecule has 2 aromatic rings. The Labute approximate surface area is 152 Å². The van der Waals surface area contributed by atoms with Gasteiger partial charge in [0.2, 0.25) is 0 Å². The average Bonchev–Trinajstić information content (AvgIpc) is 3.26. The second-order valence-corrected chi connectivity index (χ2v) is 7.48. The summed E-state index contributed by atoms with van der Waals surface area (Å²) in [6.45, 7) is 5.38. The molecule has 26 heavy (non-hydrogen) atoms. The molecule has 1 spiro atoms. The molecule has 4 rings (SSSR count). The Bertz CT molecular complexity index is 744. The Morgan fingerprint density at radius 3 is 3.08 bits per heavy atom. The number of imidazole rings is 1. The SMILES string of the molecule is Cn1cnc(C(=O)N2CCCC3(COCCN(Cc4cn[nH]n4)C3)C2)c1. The molecule has 0 radical (unpaired) electrons. The van der Waals surface area contributed by atoms with E-state index < -0.39 is 0 Å². The third-order valence-corrected chi connectivity index (χ3v) is 5.24. The molecule has 0 aliphatic carbocycles. The van der Waals surface area contributed by atoms with Gasteiger partial charge in [0.25, 0.3) is 5.91 Å². The van der Waals surface area contributed by atoms with Crippen LogP contribution < -0.4 is 0 Å². The third-order valence-electron chi connectivity index (χ3n) is 5.24. The lowest BCUT2D eigenvalue weighted by atomic mass is 9.80. The molecule has 9 nitrogen and oxygen atoms in total. The molecule has 1 atom stereocenters. The first-order valence-corrected chi connectivity index (χ1v) is 9.06. The van der Waals surface area contributed by atoms with Gasteiger partial charge >= 0.3 is 0 Å². The Hall–Kier alpha value is -2.26. The van der Waals surface area contributed by atoms with Crippen molar-refractivity contribution in [1.82, 2.24) is 34.8 Å². The fourth-order valence-corrected chi connectivity index (χ4v) is 4.06. The van der Waals surface area contributed by atoms with Crippen LogP contribution in [0.3, 0.4) is 0 Å². The minimum Gasteiger partial charge on any atom is -0.379 e. The number of nitrogens with one attached hydrogen (secondary N) is 1. The van der Waals surface area contributed by atoms with E-state index in [0.29, 0.717) is 25.5 Å². The molecule has 0 aromatic carbocycles. The minimum absolute atomic E-state index is 0.0111. The summed E-state index contributed by atoms with van der Waals surface area (Å²) in [7, 11) is 1.88. The summed E-state index contributed by atoms with van der Waals surface area (Å²) in [5.41, 5.74) is 1.40. The van der Waals surface area contributed by atoms with Crippen LogP contribution in [-0.2, 0) is 18.3 Å². The van der Waals surface area contributed by atoms with Crippen molar-refractivity contribution in [2.45, 2.75) is 19.4 Å². The number of hydrogen-bond acceptors (Lipinski definition) is 6. The molecule has 2 aliphatic rings. The van der Waals surface area contributed by atoms with E-state index in [4.69, 9.17) is 4.74 Å². The molecule has 0 saturated carbocycles. The van der Waals surface area contributed by atoms with Crippen LogP contribution in [0, 0.1) is 5.41 Å². The number of aryl methyl sites for hydroxylation is 1. The van der Waals surface area contributed by atoms with Gasteiger partial charge in [0, 0.05) is 51.4 Å². The van der Waals surface area contributed by atoms with Crippen LogP contribution in [0.25, 0.3) is 0 Å². The fraction of sp³-hybridized carbons (Fsp3) is 0.647. The summed E-state index contributed by atoms with van der Waals surface area (Å²) >= 11 is 0. The van der Waals surface area contributed by atoms with E-state index in [1.165, 1.54) is 0 Å². The monoisotopic (exact) mass is 359 g/mol. The number of aromatic amines is 1. The van der Waals surface area contributed by atoms with Crippen molar-refractivity contribution in [3.63, 3.8) is 0 Å². The van der Waals surface area contributed by atoms with Crippen LogP contribution in [0.2, 0.25) is 0 Å². The molecule has 2 aliphatic heterocycles. The maximum atomic E-state index is 12.8. The van der Waals surface area contributed by atoms with Gasteiger partial charge in [-0.2, -0.15) is 15.4 Å². The van der Waals surface area contributed by atoms with Crippen molar-refractivity contribution in [1.29, 1.82) is 0 Å². The lowest BCUT2D eigenvalue weighted by molar-refractivity contribution is 0.00668. The van der Waals surface area contributed by atoms with E-state index >= 15 is 0 Å². The number of carbonyl (C=O) groups excluding carboxylic acids is 1. The molecule has 2 aromatic heterocycles. The van der Waals surface area contributed by atoms with Crippen LogP contribution in [0.4, 0.5) is 0 Å². The van der Waals surface area contributed by atoms with Crippen LogP contribution >= 0.6 is 0 Å². The van der Waals surface area contributed by atoms with Crippen LogP contribution in [0.15, 0.2) is 18.7 Å². The molecule has 1 unspecified atom stereocenters. The molecule has 0 bridgehead atoms. The number of likely N-dealkylation sites (tertiary alicyclic amines) is 1. The number of nitrogens with zero attached hydrogens (tertiary/aromatic N) is 6. The highest BCUT2D eigenvalue weighted by atomic mass is 16.5. The number of carbonyl (C=O) groups is 1. The van der Waals surface area contributed by atoms with E-state index in [0.717, 1.165) is 44.7 Å². The topological polar surface area (TPSA) is 92.2 Å². The van der Waals surface area contributed by atoms with Gasteiger partial charge in [-0.1, -0.05) is 0 Å². The number of ether oxygens (including phenoxy) is 1. The van der Waals surface area contributed by atoms with Crippen molar-refractivity contribution in [3.05, 3.63) is 30.1 Å². The highest BCUT2D eigenvalue weighted by Crippen LogP contribution is 2.33. The molecule has 9 heteroatoms. The molecule has 2 saturated heterocycles. The zero-order valence-electron chi connectivity index (χ0n) is 15.1. The Morgan fingerprint density at radius 1 is 1.38 bits per heavy atom. The number of aromatic nitrogens is 5. The van der Waals surface area contributed by atoms with Crippen molar-refractivity contribution in [2.24, 2.45) is 12.5 Å². The summed E-state index contributed by atoms with van der Waals surface area (Å²) < 4.78 is 7.74. The number of piperidine rings is 1. The van der Waals surface area contributed by atoms with Gasteiger partial charge in [-0.3, -0.25) is 9.69 Å². The van der Waals surface area contributed by atoms with Gasteiger partial charge in [-0.15, -0.1) is 0 Å². The Balaban J connectivity index is 1.47. The smallest absolute Gasteiger partial charge is 0.274 e. The highest BCUT2D eigenvalue weighted by Gasteiger charge is 2.40. The zero-order chi connectivity index (χ0) is 18.0. The molecule has 2 fully saturated rings. The third kappa shape index (κ3) is 3.63. The Kier molecular flexibility index (Phi) is 4.73. The lowest BCUT2D eigenvalue weighted by Gasteiger charge is -2.43. The summed E-state index contributed by atoms with van der Waals surface area (Å²) in [6.07, 6.45) is 7.26. The number of hydrogen-bond donors (Lipinski definition) is 1. The second-order valence-electron chi connectivity index (χ2n) is 7.48. The normalized spacial score (nSPS) is 24.7. The summed E-state index contributed by atoms with van der Waals surface area (Å²) in [5, 5.41) is 10.7. The number of H-pyrrole nitrogens is 1. The summed E-state index contributed by atoms with van der Waals surface area (Å²) in [6, 6.07) is 0. The highest BCUT2D eigenvalue weighted by molar-refractivity contribution is 5.92. The second kappa shape index (κ2) is 7.16. The molecule has 4 heterocycles. The van der Waals surface area contributed by atoms with E-state index in [-0.39, 0.29) is 11.3 Å². The predicted octanol–water partition coefficient (Wildman–Crippen LogP) is 0.293. The van der Waals surface area contributed by atoms with Gasteiger partial charge in [0.05, 0.1) is 31.4 Å². The predicted molar refractivity (Wildman–Crippen MR) is 93.3 cm³/mol. The van der Waals surface area contributed by atoms with E-state index in [1.54, 1.807) is 23.3 Å². The Morgan fingerprint density at radius 2 is 2.31 bits per heavy atom. The molecular weight excluding hydrogens is 334 g/mol. The van der Waals surface area contributed by atoms with Crippen molar-refractivity contribution < 1.29 is 9.53 Å². The standard InChI is InChI=1S/C17H25N7O2/c1-22-9-15(18-13-22)16(25)24-4-2-3-17(11-24)10-23(5-6-26-12-17)8-14-7-19-21-20-14/h7,9,13H,2-6,8,10-12H2,1H3,(H,19,20,21). The maximum Gasteiger partial charge on any atom is 0.274 e.